The third kappa shape index (κ3) is 4.88. The molecule has 0 saturated carbocycles. The zero-order chi connectivity index (χ0) is 15.0. The summed E-state index contributed by atoms with van der Waals surface area (Å²) in [4.78, 5) is 0. The Balaban J connectivity index is 0.000000956. The van der Waals surface area contributed by atoms with E-state index in [9.17, 15) is 5.11 Å². The summed E-state index contributed by atoms with van der Waals surface area (Å²) in [6.07, 6.45) is 0. The van der Waals surface area contributed by atoms with E-state index in [1.807, 2.05) is 44.3 Å². The van der Waals surface area contributed by atoms with Crippen molar-refractivity contribution in [3.63, 3.8) is 0 Å². The maximum absolute atomic E-state index is 10.1. The minimum absolute atomic E-state index is 0.416. The predicted molar refractivity (Wildman–Crippen MR) is 85.7 cm³/mol. The van der Waals surface area contributed by atoms with Gasteiger partial charge in [-0.15, -0.1) is 6.54 Å². The molecule has 20 heavy (non-hydrogen) atoms. The molecule has 2 aromatic rings. The first-order valence-electron chi connectivity index (χ1n) is 6.10. The second kappa shape index (κ2) is 9.55. The van der Waals surface area contributed by atoms with E-state index < -0.39 is 0 Å². The maximum atomic E-state index is 10.1. The van der Waals surface area contributed by atoms with Crippen molar-refractivity contribution in [1.82, 2.24) is 0 Å². The molecule has 0 spiro atoms. The number of aryl methyl sites for hydroxylation is 1. The summed E-state index contributed by atoms with van der Waals surface area (Å²) in [5.74, 6) is 0.416. The second-order valence-corrected chi connectivity index (χ2v) is 5.55. The molecule has 1 N–H and O–H groups in total. The van der Waals surface area contributed by atoms with Gasteiger partial charge in [-0.25, -0.2) is 0 Å². The average Bonchev–Trinajstić information content (AvgIpc) is 2.48. The van der Waals surface area contributed by atoms with E-state index >= 15 is 0 Å². The molecule has 0 radical (unpaired) electrons. The van der Waals surface area contributed by atoms with E-state index in [0.29, 0.717) is 14.3 Å². The van der Waals surface area contributed by atoms with Crippen LogP contribution in [0.1, 0.15) is 11.1 Å². The van der Waals surface area contributed by atoms with Gasteiger partial charge in [-0.2, -0.15) is 7.05 Å². The zero-order valence-electron chi connectivity index (χ0n) is 11.5. The molecule has 0 aromatic heterocycles. The summed E-state index contributed by atoms with van der Waals surface area (Å²) < 4.78 is 0. The standard InChI is InChI=1S/C15H17NOP.ClH.Ti/c1-11-6-5-9-14(15(11)17)18-13-8-4-3-7-12(13)10-16-2;;/h3-9,17-18H,10H2,1-2H3;1H;/q-1;;+2/p-1. The van der Waals surface area contributed by atoms with Crippen molar-refractivity contribution in [3.05, 3.63) is 58.9 Å². The van der Waals surface area contributed by atoms with Crippen LogP contribution in [-0.2, 0) is 25.9 Å². The summed E-state index contributed by atoms with van der Waals surface area (Å²) >= 11 is 1.47. The number of para-hydroxylation sites is 1. The Morgan fingerprint density at radius 1 is 1.10 bits per heavy atom. The molecule has 0 saturated heterocycles. The first-order valence-corrected chi connectivity index (χ1v) is 9.25. The monoisotopic (exact) mass is 341 g/mol. The van der Waals surface area contributed by atoms with Gasteiger partial charge in [0, 0.05) is 5.30 Å². The van der Waals surface area contributed by atoms with Crippen LogP contribution in [-0.4, -0.2) is 12.2 Å². The van der Waals surface area contributed by atoms with Crippen LogP contribution in [0.3, 0.4) is 0 Å². The molecule has 0 aliphatic rings. The van der Waals surface area contributed by atoms with Crippen LogP contribution in [0.4, 0.5) is 0 Å². The number of aromatic hydroxyl groups is 1. The molecule has 2 rings (SSSR count). The molecule has 0 aliphatic carbocycles. The van der Waals surface area contributed by atoms with E-state index in [0.717, 1.165) is 17.4 Å². The second-order valence-electron chi connectivity index (χ2n) is 4.23. The van der Waals surface area contributed by atoms with Gasteiger partial charge in [0.25, 0.3) is 0 Å². The molecule has 0 bridgehead atoms. The van der Waals surface area contributed by atoms with Crippen molar-refractivity contribution >= 4 is 28.5 Å². The first-order chi connectivity index (χ1) is 9.72. The number of hydrogen-bond donors (Lipinski definition) is 1. The molecule has 1 unspecified atom stereocenters. The van der Waals surface area contributed by atoms with Gasteiger partial charge in [-0.05, 0) is 17.8 Å². The number of benzene rings is 2. The summed E-state index contributed by atoms with van der Waals surface area (Å²) in [7, 11) is 6.93. The Hall–Kier alpha value is -0.366. The summed E-state index contributed by atoms with van der Waals surface area (Å²) in [6, 6.07) is 14.2. The van der Waals surface area contributed by atoms with Crippen molar-refractivity contribution in [1.29, 1.82) is 0 Å². The van der Waals surface area contributed by atoms with E-state index in [4.69, 9.17) is 0 Å². The van der Waals surface area contributed by atoms with Crippen LogP contribution in [0.15, 0.2) is 42.5 Å². The van der Waals surface area contributed by atoms with E-state index in [-0.39, 0.29) is 0 Å². The van der Waals surface area contributed by atoms with E-state index in [2.05, 4.69) is 26.8 Å². The van der Waals surface area contributed by atoms with Gasteiger partial charge in [-0.1, -0.05) is 56.6 Å². The molecule has 0 heterocycles. The van der Waals surface area contributed by atoms with Gasteiger partial charge in [-0.3, -0.25) is 0 Å². The SMILES string of the molecule is C[N-]Cc1ccccc1Pc1cccc(C)c1O.[Cl][Ti+]. The topological polar surface area (TPSA) is 34.3 Å². The zero-order valence-corrected chi connectivity index (χ0v) is 14.8. The van der Waals surface area contributed by atoms with Crippen LogP contribution < -0.4 is 10.6 Å². The molecular formula is C15H17ClNOPTi. The van der Waals surface area contributed by atoms with Crippen molar-refractivity contribution in [2.24, 2.45) is 0 Å². The van der Waals surface area contributed by atoms with Crippen molar-refractivity contribution < 1.29 is 24.5 Å². The van der Waals surface area contributed by atoms with Gasteiger partial charge >= 0.3 is 28.7 Å². The Bertz CT molecular complexity index is 551. The minimum atomic E-state index is 0.416. The van der Waals surface area contributed by atoms with Crippen molar-refractivity contribution in [3.8, 4) is 5.75 Å². The van der Waals surface area contributed by atoms with Gasteiger partial charge in [0.1, 0.15) is 5.75 Å². The molecule has 5 heteroatoms. The molecule has 2 aromatic carbocycles. The number of halogens is 1. The van der Waals surface area contributed by atoms with Gasteiger partial charge in [0.15, 0.2) is 0 Å². The fourth-order valence-corrected chi connectivity index (χ4v) is 3.14. The number of rotatable bonds is 4. The average molecular weight is 342 g/mol. The third-order valence-electron chi connectivity index (χ3n) is 2.85. The predicted octanol–water partition coefficient (Wildman–Crippen LogP) is 3.52. The number of nitrogens with zero attached hydrogens (tertiary/aromatic N) is 1. The van der Waals surface area contributed by atoms with E-state index in [1.54, 1.807) is 0 Å². The van der Waals surface area contributed by atoms with Crippen LogP contribution in [0.5, 0.6) is 5.75 Å². The van der Waals surface area contributed by atoms with Crippen LogP contribution in [0.25, 0.3) is 5.32 Å². The fraction of sp³-hybridized carbons (Fsp3) is 0.200. The number of phenolic OH excluding ortho intramolecular Hbond substituents is 1. The van der Waals surface area contributed by atoms with E-state index in [1.165, 1.54) is 30.2 Å². The summed E-state index contributed by atoms with van der Waals surface area (Å²) in [6.45, 7) is 2.66. The van der Waals surface area contributed by atoms with Crippen LogP contribution in [0.2, 0.25) is 0 Å². The van der Waals surface area contributed by atoms with Crippen molar-refractivity contribution in [2.45, 2.75) is 13.5 Å². The molecule has 1 atom stereocenters. The molecule has 0 fully saturated rings. The Labute approximate surface area is 138 Å². The van der Waals surface area contributed by atoms with Crippen molar-refractivity contribution in [2.75, 3.05) is 7.05 Å². The quantitative estimate of drug-likeness (QED) is 0.670. The summed E-state index contributed by atoms with van der Waals surface area (Å²) in [5, 5.41) is 16.5. The first kappa shape index (κ1) is 17.7. The molecule has 0 aliphatic heterocycles. The Morgan fingerprint density at radius 2 is 1.75 bits per heavy atom. The number of hydrogen-bond acceptors (Lipinski definition) is 1. The summed E-state index contributed by atoms with van der Waals surface area (Å²) in [5.41, 5.74) is 2.16. The van der Waals surface area contributed by atoms with Gasteiger partial charge in [0.05, 0.1) is 0 Å². The number of phenols is 1. The van der Waals surface area contributed by atoms with Crippen LogP contribution in [0, 0.1) is 6.92 Å². The van der Waals surface area contributed by atoms with Crippen LogP contribution >= 0.6 is 17.9 Å². The van der Waals surface area contributed by atoms with Gasteiger partial charge < -0.3 is 10.4 Å². The third-order valence-corrected chi connectivity index (χ3v) is 4.28. The van der Waals surface area contributed by atoms with Gasteiger partial charge in [0.2, 0.25) is 0 Å². The molecule has 104 valence electrons. The fourth-order valence-electron chi connectivity index (χ4n) is 1.86. The Kier molecular flexibility index (Phi) is 8.44. The Morgan fingerprint density at radius 3 is 2.45 bits per heavy atom. The molecule has 0 amide bonds. The molecular weight excluding hydrogens is 324 g/mol. The molecule has 2 nitrogen and oxygen atoms in total. The normalized spacial score (nSPS) is 10.3.